The number of benzene rings is 1. The first kappa shape index (κ1) is 14.8. The van der Waals surface area contributed by atoms with Gasteiger partial charge in [0.15, 0.2) is 0 Å². The summed E-state index contributed by atoms with van der Waals surface area (Å²) in [4.78, 5) is 2.49. The molecule has 0 amide bonds. The first-order chi connectivity index (χ1) is 11.3. The van der Waals surface area contributed by atoms with Gasteiger partial charge >= 0.3 is 0 Å². The Kier molecular flexibility index (Phi) is 4.14. The summed E-state index contributed by atoms with van der Waals surface area (Å²) in [7, 11) is 0. The van der Waals surface area contributed by atoms with Crippen molar-refractivity contribution in [1.82, 2.24) is 14.7 Å². The van der Waals surface area contributed by atoms with E-state index in [1.807, 2.05) is 16.9 Å². The summed E-state index contributed by atoms with van der Waals surface area (Å²) < 4.78 is 20.9. The van der Waals surface area contributed by atoms with Gasteiger partial charge < -0.3 is 4.74 Å². The summed E-state index contributed by atoms with van der Waals surface area (Å²) in [5, 5.41) is 4.65. The molecule has 5 heteroatoms. The maximum atomic E-state index is 13.0. The molecule has 2 aliphatic rings. The van der Waals surface area contributed by atoms with Gasteiger partial charge in [0, 0.05) is 24.3 Å². The van der Waals surface area contributed by atoms with Crippen LogP contribution in [0.25, 0.3) is 11.3 Å². The summed E-state index contributed by atoms with van der Waals surface area (Å²) >= 11 is 0. The minimum atomic E-state index is -0.218. The Balaban J connectivity index is 1.47. The Morgan fingerprint density at radius 3 is 2.83 bits per heavy atom. The topological polar surface area (TPSA) is 30.3 Å². The average molecular weight is 315 g/mol. The molecule has 23 heavy (non-hydrogen) atoms. The quantitative estimate of drug-likeness (QED) is 0.871. The van der Waals surface area contributed by atoms with E-state index >= 15 is 0 Å². The van der Waals surface area contributed by atoms with Gasteiger partial charge in [-0.1, -0.05) is 12.8 Å². The molecule has 0 radical (unpaired) electrons. The highest BCUT2D eigenvalue weighted by Gasteiger charge is 2.34. The Morgan fingerprint density at radius 1 is 1.13 bits per heavy atom. The van der Waals surface area contributed by atoms with Crippen LogP contribution in [0.3, 0.4) is 0 Å². The molecule has 2 heterocycles. The van der Waals surface area contributed by atoms with Crippen LogP contribution in [0.15, 0.2) is 36.5 Å². The number of morpholine rings is 1. The number of hydrogen-bond donors (Lipinski definition) is 0. The van der Waals surface area contributed by atoms with E-state index in [1.54, 1.807) is 12.1 Å². The molecular formula is C18H22FN3O. The van der Waals surface area contributed by atoms with E-state index in [2.05, 4.69) is 10.00 Å². The number of ether oxygens (including phenoxy) is 1. The number of fused-ring (bicyclic) bond motifs is 1. The summed E-state index contributed by atoms with van der Waals surface area (Å²) in [5.74, 6) is -0.218. The Morgan fingerprint density at radius 2 is 1.96 bits per heavy atom. The van der Waals surface area contributed by atoms with Crippen LogP contribution < -0.4 is 0 Å². The molecule has 4 nitrogen and oxygen atoms in total. The van der Waals surface area contributed by atoms with Gasteiger partial charge in [0.1, 0.15) is 5.82 Å². The maximum absolute atomic E-state index is 13.0. The molecule has 1 saturated heterocycles. The summed E-state index contributed by atoms with van der Waals surface area (Å²) in [6.45, 7) is 2.58. The normalized spacial score (nSPS) is 25.3. The fourth-order valence-corrected chi connectivity index (χ4v) is 3.75. The van der Waals surface area contributed by atoms with Crippen molar-refractivity contribution in [2.24, 2.45) is 0 Å². The molecule has 2 fully saturated rings. The van der Waals surface area contributed by atoms with E-state index in [0.717, 1.165) is 31.1 Å². The second-order valence-electron chi connectivity index (χ2n) is 6.46. The van der Waals surface area contributed by atoms with Gasteiger partial charge in [-0.3, -0.25) is 9.58 Å². The molecule has 0 spiro atoms. The first-order valence-electron chi connectivity index (χ1n) is 8.45. The fourth-order valence-electron chi connectivity index (χ4n) is 3.75. The third-order valence-electron chi connectivity index (χ3n) is 4.95. The van der Waals surface area contributed by atoms with Gasteiger partial charge in [-0.25, -0.2) is 4.39 Å². The van der Waals surface area contributed by atoms with Crippen molar-refractivity contribution in [3.63, 3.8) is 0 Å². The van der Waals surface area contributed by atoms with Crippen LogP contribution in [0.5, 0.6) is 0 Å². The Hall–Kier alpha value is -1.72. The second kappa shape index (κ2) is 6.42. The lowest BCUT2D eigenvalue weighted by Gasteiger charge is -2.43. The summed E-state index contributed by atoms with van der Waals surface area (Å²) in [6.07, 6.45) is 7.38. The van der Waals surface area contributed by atoms with Crippen LogP contribution in [0, 0.1) is 5.82 Å². The molecule has 2 aromatic rings. The van der Waals surface area contributed by atoms with Crippen LogP contribution in [-0.2, 0) is 11.4 Å². The van der Waals surface area contributed by atoms with Crippen molar-refractivity contribution in [2.75, 3.05) is 13.2 Å². The van der Waals surface area contributed by atoms with Crippen molar-refractivity contribution in [1.29, 1.82) is 0 Å². The number of halogens is 1. The van der Waals surface area contributed by atoms with E-state index in [1.165, 1.54) is 37.8 Å². The number of rotatable bonds is 3. The van der Waals surface area contributed by atoms with Crippen molar-refractivity contribution >= 4 is 0 Å². The van der Waals surface area contributed by atoms with E-state index in [0.29, 0.717) is 12.1 Å². The van der Waals surface area contributed by atoms with E-state index < -0.39 is 0 Å². The van der Waals surface area contributed by atoms with Gasteiger partial charge in [-0.2, -0.15) is 5.10 Å². The SMILES string of the molecule is Fc1ccc(-c2ccn(CN3CCOC4CCCCC43)n2)cc1. The van der Waals surface area contributed by atoms with Crippen LogP contribution >= 0.6 is 0 Å². The van der Waals surface area contributed by atoms with Gasteiger partial charge in [-0.15, -0.1) is 0 Å². The highest BCUT2D eigenvalue weighted by molar-refractivity contribution is 5.58. The lowest BCUT2D eigenvalue weighted by Crippen LogP contribution is -2.52. The highest BCUT2D eigenvalue weighted by atomic mass is 19.1. The molecule has 0 bridgehead atoms. The molecule has 0 N–H and O–H groups in total. The van der Waals surface area contributed by atoms with Crippen LogP contribution in [0.2, 0.25) is 0 Å². The Labute approximate surface area is 135 Å². The molecule has 1 saturated carbocycles. The number of aromatic nitrogens is 2. The molecular weight excluding hydrogens is 293 g/mol. The third kappa shape index (κ3) is 3.16. The van der Waals surface area contributed by atoms with Crippen molar-refractivity contribution < 1.29 is 9.13 Å². The summed E-state index contributed by atoms with van der Waals surface area (Å²) in [5.41, 5.74) is 1.83. The smallest absolute Gasteiger partial charge is 0.123 e. The van der Waals surface area contributed by atoms with Gasteiger partial charge in [0.05, 0.1) is 25.1 Å². The lowest BCUT2D eigenvalue weighted by molar-refractivity contribution is -0.0991. The zero-order valence-electron chi connectivity index (χ0n) is 13.2. The van der Waals surface area contributed by atoms with E-state index in [4.69, 9.17) is 4.74 Å². The minimum Gasteiger partial charge on any atom is -0.375 e. The summed E-state index contributed by atoms with van der Waals surface area (Å²) in [6, 6.07) is 9.01. The molecule has 2 unspecified atom stereocenters. The van der Waals surface area contributed by atoms with E-state index in [9.17, 15) is 4.39 Å². The molecule has 2 atom stereocenters. The monoisotopic (exact) mass is 315 g/mol. The van der Waals surface area contributed by atoms with Crippen LogP contribution in [0.4, 0.5) is 4.39 Å². The predicted molar refractivity (Wildman–Crippen MR) is 86.3 cm³/mol. The fraction of sp³-hybridized carbons (Fsp3) is 0.500. The molecule has 122 valence electrons. The molecule has 1 aromatic heterocycles. The number of nitrogens with zero attached hydrogens (tertiary/aromatic N) is 3. The highest BCUT2D eigenvalue weighted by Crippen LogP contribution is 2.28. The van der Waals surface area contributed by atoms with Crippen LogP contribution in [-0.4, -0.2) is 40.0 Å². The van der Waals surface area contributed by atoms with Crippen molar-refractivity contribution in [3.05, 3.63) is 42.3 Å². The third-order valence-corrected chi connectivity index (χ3v) is 4.95. The largest absolute Gasteiger partial charge is 0.375 e. The van der Waals surface area contributed by atoms with Crippen molar-refractivity contribution in [2.45, 2.75) is 44.5 Å². The van der Waals surface area contributed by atoms with Gasteiger partial charge in [0.25, 0.3) is 0 Å². The van der Waals surface area contributed by atoms with Gasteiger partial charge in [-0.05, 0) is 43.2 Å². The average Bonchev–Trinajstić information content (AvgIpc) is 3.04. The Bertz CT molecular complexity index is 653. The molecule has 4 rings (SSSR count). The molecule has 1 aliphatic carbocycles. The standard InChI is InChI=1S/C18H22FN3O/c19-15-7-5-14(6-8-15)16-9-10-22(20-16)13-21-11-12-23-18-4-2-1-3-17(18)21/h5-10,17-18H,1-4,11-13H2. The zero-order chi connectivity index (χ0) is 15.6. The van der Waals surface area contributed by atoms with Crippen molar-refractivity contribution in [3.8, 4) is 11.3 Å². The van der Waals surface area contributed by atoms with E-state index in [-0.39, 0.29) is 5.82 Å². The maximum Gasteiger partial charge on any atom is 0.123 e. The van der Waals surface area contributed by atoms with Gasteiger partial charge in [0.2, 0.25) is 0 Å². The number of hydrogen-bond acceptors (Lipinski definition) is 3. The molecule has 1 aromatic carbocycles. The lowest BCUT2D eigenvalue weighted by atomic mass is 9.90. The molecule has 1 aliphatic heterocycles. The van der Waals surface area contributed by atoms with Crippen LogP contribution in [0.1, 0.15) is 25.7 Å². The zero-order valence-corrected chi connectivity index (χ0v) is 13.2. The predicted octanol–water partition coefficient (Wildman–Crippen LogP) is 3.29. The second-order valence-corrected chi connectivity index (χ2v) is 6.46. The minimum absolute atomic E-state index is 0.218. The first-order valence-corrected chi connectivity index (χ1v) is 8.45.